The Morgan fingerprint density at radius 3 is 2.63 bits per heavy atom. The number of nitrogens with zero attached hydrogens (tertiary/aromatic N) is 2. The Labute approximate surface area is 171 Å². The van der Waals surface area contributed by atoms with Crippen molar-refractivity contribution in [3.05, 3.63) is 72.4 Å². The molecule has 5 rings (SSSR count). The highest BCUT2D eigenvalue weighted by molar-refractivity contribution is 5.89. The number of fused-ring (bicyclic) bond motifs is 1. The van der Waals surface area contributed by atoms with Gasteiger partial charge in [0.25, 0.3) is 5.89 Å². The summed E-state index contributed by atoms with van der Waals surface area (Å²) in [7, 11) is 0. The summed E-state index contributed by atoms with van der Waals surface area (Å²) < 4.78 is 22.1. The van der Waals surface area contributed by atoms with E-state index in [1.54, 1.807) is 6.07 Å². The second-order valence-corrected chi connectivity index (χ2v) is 6.62. The van der Waals surface area contributed by atoms with Crippen LogP contribution in [-0.2, 0) is 6.54 Å². The van der Waals surface area contributed by atoms with Crippen molar-refractivity contribution in [1.82, 2.24) is 15.5 Å². The number of aromatic nitrogens is 2. The largest absolute Gasteiger partial charge is 0.486 e. The molecule has 4 aromatic rings. The maximum Gasteiger partial charge on any atom is 0.307 e. The first-order chi connectivity index (χ1) is 14.8. The predicted molar refractivity (Wildman–Crippen MR) is 106 cm³/mol. The van der Waals surface area contributed by atoms with Gasteiger partial charge in [0.15, 0.2) is 23.0 Å². The number of carbonyl (C=O) groups excluding carboxylic acids is 1. The van der Waals surface area contributed by atoms with Gasteiger partial charge in [0, 0.05) is 17.2 Å². The molecule has 0 radical (unpaired) electrons. The number of carbonyl (C=O) groups is 1. The highest BCUT2D eigenvalue weighted by atomic mass is 16.6. The third-order valence-electron chi connectivity index (χ3n) is 4.57. The molecule has 0 saturated carbocycles. The molecule has 2 aromatic carbocycles. The number of hydrogen-bond donors (Lipinski definition) is 1. The number of benzene rings is 2. The minimum Gasteiger partial charge on any atom is -0.486 e. The van der Waals surface area contributed by atoms with E-state index in [4.69, 9.17) is 18.4 Å². The minimum atomic E-state index is -0.430. The van der Waals surface area contributed by atoms with Crippen molar-refractivity contribution >= 4 is 5.91 Å². The first kappa shape index (κ1) is 18.0. The Hall–Kier alpha value is -4.07. The quantitative estimate of drug-likeness (QED) is 0.542. The molecule has 0 aliphatic carbocycles. The lowest BCUT2D eigenvalue weighted by Gasteiger charge is -2.18. The third-order valence-corrected chi connectivity index (χ3v) is 4.57. The summed E-state index contributed by atoms with van der Waals surface area (Å²) in [6.07, 6.45) is 1.53. The lowest BCUT2D eigenvalue weighted by Crippen LogP contribution is -2.23. The van der Waals surface area contributed by atoms with Crippen LogP contribution >= 0.6 is 0 Å². The van der Waals surface area contributed by atoms with Crippen LogP contribution in [0.3, 0.4) is 0 Å². The zero-order valence-corrected chi connectivity index (χ0v) is 15.8. The Bertz CT molecular complexity index is 1180. The molecule has 150 valence electrons. The van der Waals surface area contributed by atoms with E-state index in [9.17, 15) is 4.79 Å². The van der Waals surface area contributed by atoms with Crippen LogP contribution in [0.15, 0.2) is 69.7 Å². The number of amides is 1. The minimum absolute atomic E-state index is 0.00981. The average molecular weight is 403 g/mol. The van der Waals surface area contributed by atoms with Crippen LogP contribution in [0.5, 0.6) is 11.5 Å². The zero-order chi connectivity index (χ0) is 20.3. The molecule has 0 bridgehead atoms. The number of nitrogens with one attached hydrogen (secondary N) is 1. The van der Waals surface area contributed by atoms with E-state index >= 15 is 0 Å². The van der Waals surface area contributed by atoms with Gasteiger partial charge < -0.3 is 23.7 Å². The molecule has 8 nitrogen and oxygen atoms in total. The lowest BCUT2D eigenvalue weighted by molar-refractivity contribution is 0.0916. The fourth-order valence-electron chi connectivity index (χ4n) is 3.09. The van der Waals surface area contributed by atoms with Crippen molar-refractivity contribution < 1.29 is 23.2 Å². The van der Waals surface area contributed by atoms with Gasteiger partial charge in [-0.2, -0.15) is 0 Å². The normalized spacial score (nSPS) is 12.5. The van der Waals surface area contributed by atoms with Gasteiger partial charge in [-0.3, -0.25) is 4.79 Å². The highest BCUT2D eigenvalue weighted by Gasteiger charge is 2.17. The molecule has 0 fully saturated rings. The van der Waals surface area contributed by atoms with Crippen LogP contribution < -0.4 is 14.8 Å². The van der Waals surface area contributed by atoms with Crippen LogP contribution in [0.1, 0.15) is 16.4 Å². The van der Waals surface area contributed by atoms with E-state index in [0.717, 1.165) is 11.1 Å². The summed E-state index contributed by atoms with van der Waals surface area (Å²) in [4.78, 5) is 16.4. The van der Waals surface area contributed by atoms with Crippen molar-refractivity contribution in [2.24, 2.45) is 0 Å². The van der Waals surface area contributed by atoms with Crippen LogP contribution in [-0.4, -0.2) is 29.3 Å². The monoisotopic (exact) mass is 403 g/mol. The van der Waals surface area contributed by atoms with Crippen LogP contribution in [0.4, 0.5) is 0 Å². The maximum absolute atomic E-state index is 12.3. The SMILES string of the molecule is O=C(NCc1cc(-c2ccc3c(c2)OCCO3)on1)c1ncc(-c2ccccc2)o1. The zero-order valence-electron chi connectivity index (χ0n) is 15.8. The Morgan fingerprint density at radius 2 is 1.77 bits per heavy atom. The molecule has 1 N–H and O–H groups in total. The molecular weight excluding hydrogens is 386 g/mol. The van der Waals surface area contributed by atoms with Crippen molar-refractivity contribution in [3.63, 3.8) is 0 Å². The van der Waals surface area contributed by atoms with Gasteiger partial charge in [0.2, 0.25) is 0 Å². The number of oxazole rings is 1. The molecular formula is C22H17N3O5. The van der Waals surface area contributed by atoms with E-state index in [0.29, 0.717) is 41.9 Å². The fourth-order valence-corrected chi connectivity index (χ4v) is 3.09. The molecule has 8 heteroatoms. The molecule has 0 saturated heterocycles. The first-order valence-electron chi connectivity index (χ1n) is 9.41. The third kappa shape index (κ3) is 3.62. The standard InChI is InChI=1S/C22H17N3O5/c26-21(22-24-13-20(29-22)14-4-2-1-3-5-14)23-12-16-11-18(30-25-16)15-6-7-17-19(10-15)28-9-8-27-17/h1-7,10-11,13H,8-9,12H2,(H,23,26). The van der Waals surface area contributed by atoms with Gasteiger partial charge in [-0.05, 0) is 18.2 Å². The number of ether oxygens (including phenoxy) is 2. The topological polar surface area (TPSA) is 99.6 Å². The molecule has 0 spiro atoms. The molecule has 1 aliphatic rings. The van der Waals surface area contributed by atoms with E-state index in [2.05, 4.69) is 15.5 Å². The maximum atomic E-state index is 12.3. The van der Waals surface area contributed by atoms with Gasteiger partial charge in [-0.25, -0.2) is 4.98 Å². The molecule has 0 unspecified atom stereocenters. The van der Waals surface area contributed by atoms with Gasteiger partial charge in [0.1, 0.15) is 18.9 Å². The predicted octanol–water partition coefficient (Wildman–Crippen LogP) is 3.70. The summed E-state index contributed by atoms with van der Waals surface area (Å²) in [5.41, 5.74) is 2.23. The van der Waals surface area contributed by atoms with Crippen molar-refractivity contribution in [3.8, 4) is 34.1 Å². The van der Waals surface area contributed by atoms with Crippen LogP contribution in [0.2, 0.25) is 0 Å². The average Bonchev–Trinajstić information content (AvgIpc) is 3.48. The van der Waals surface area contributed by atoms with Crippen LogP contribution in [0, 0.1) is 0 Å². The second-order valence-electron chi connectivity index (χ2n) is 6.62. The highest BCUT2D eigenvalue weighted by Crippen LogP contribution is 2.34. The van der Waals surface area contributed by atoms with Gasteiger partial charge in [-0.1, -0.05) is 35.5 Å². The van der Waals surface area contributed by atoms with Gasteiger partial charge >= 0.3 is 5.91 Å². The molecule has 0 atom stereocenters. The number of hydrogen-bond acceptors (Lipinski definition) is 7. The Morgan fingerprint density at radius 1 is 0.933 bits per heavy atom. The molecule has 1 amide bonds. The fraction of sp³-hybridized carbons (Fsp3) is 0.136. The summed E-state index contributed by atoms with van der Waals surface area (Å²) in [6.45, 7) is 1.22. The summed E-state index contributed by atoms with van der Waals surface area (Å²) in [5, 5.41) is 6.74. The Kier molecular flexibility index (Phi) is 4.65. The molecule has 30 heavy (non-hydrogen) atoms. The van der Waals surface area contributed by atoms with Gasteiger partial charge in [-0.15, -0.1) is 0 Å². The first-order valence-corrected chi connectivity index (χ1v) is 9.41. The summed E-state index contributed by atoms with van der Waals surface area (Å²) >= 11 is 0. The van der Waals surface area contributed by atoms with E-state index in [1.165, 1.54) is 6.20 Å². The van der Waals surface area contributed by atoms with Crippen molar-refractivity contribution in [2.75, 3.05) is 13.2 Å². The van der Waals surface area contributed by atoms with Crippen molar-refractivity contribution in [2.45, 2.75) is 6.54 Å². The lowest BCUT2D eigenvalue weighted by atomic mass is 10.1. The van der Waals surface area contributed by atoms with E-state index in [-0.39, 0.29) is 12.4 Å². The molecule has 3 heterocycles. The van der Waals surface area contributed by atoms with E-state index in [1.807, 2.05) is 48.5 Å². The number of rotatable bonds is 5. The molecule has 1 aliphatic heterocycles. The summed E-state index contributed by atoms with van der Waals surface area (Å²) in [6, 6.07) is 16.8. The molecule has 2 aromatic heterocycles. The Balaban J connectivity index is 1.24. The second kappa shape index (κ2) is 7.75. The van der Waals surface area contributed by atoms with Crippen molar-refractivity contribution in [1.29, 1.82) is 0 Å². The van der Waals surface area contributed by atoms with Crippen LogP contribution in [0.25, 0.3) is 22.6 Å². The van der Waals surface area contributed by atoms with E-state index < -0.39 is 5.91 Å². The van der Waals surface area contributed by atoms with Gasteiger partial charge in [0.05, 0.1) is 12.7 Å². The smallest absolute Gasteiger partial charge is 0.307 e. The summed E-state index contributed by atoms with van der Waals surface area (Å²) in [5.74, 6) is 2.04.